The molecule has 0 aliphatic carbocycles. The van der Waals surface area contributed by atoms with Gasteiger partial charge in [-0.15, -0.1) is 11.3 Å². The van der Waals surface area contributed by atoms with Crippen molar-refractivity contribution in [2.24, 2.45) is 0 Å². The minimum absolute atomic E-state index is 0.182. The van der Waals surface area contributed by atoms with Crippen LogP contribution in [0.1, 0.15) is 73.8 Å². The van der Waals surface area contributed by atoms with E-state index >= 15 is 0 Å². The van der Waals surface area contributed by atoms with E-state index < -0.39 is 15.9 Å². The van der Waals surface area contributed by atoms with Crippen molar-refractivity contribution in [1.82, 2.24) is 19.0 Å². The van der Waals surface area contributed by atoms with Crippen LogP contribution in [0.3, 0.4) is 0 Å². The van der Waals surface area contributed by atoms with Gasteiger partial charge in [0.1, 0.15) is 5.00 Å². The van der Waals surface area contributed by atoms with Gasteiger partial charge in [0.05, 0.1) is 16.2 Å². The lowest BCUT2D eigenvalue weighted by Gasteiger charge is -2.27. The highest BCUT2D eigenvalue weighted by molar-refractivity contribution is 7.89. The first-order valence-electron chi connectivity index (χ1n) is 15.1. The number of benzene rings is 2. The van der Waals surface area contributed by atoms with E-state index in [-0.39, 0.29) is 10.8 Å². The fourth-order valence-electron chi connectivity index (χ4n) is 6.07. The van der Waals surface area contributed by atoms with Crippen LogP contribution in [0.5, 0.6) is 0 Å². The van der Waals surface area contributed by atoms with Crippen molar-refractivity contribution < 1.29 is 18.0 Å². The number of sulfonamides is 1. The largest absolute Gasteiger partial charge is 0.313 e. The van der Waals surface area contributed by atoms with E-state index in [4.69, 9.17) is 0 Å². The molecule has 11 heteroatoms. The molecule has 1 fully saturated rings. The standard InChI is InChI=1S/C33H37N5O4S2/c1-23-20-24(2)38(35-23)33(40)30-28-16-19-36(21-25-10-6-5-7-11-25)22-29(28)43-32(30)34-31(39)26-12-14-27(15-13-26)44(41,42)37-17-8-3-4-9-18-37/h5-7,10-15,20H,3-4,8-9,16-19,21-22H2,1-2H3,(H,34,39). The summed E-state index contributed by atoms with van der Waals surface area (Å²) in [7, 11) is -3.62. The number of rotatable bonds is 7. The lowest BCUT2D eigenvalue weighted by atomic mass is 10.0. The molecule has 4 aromatic rings. The maximum Gasteiger partial charge on any atom is 0.281 e. The Kier molecular flexibility index (Phi) is 8.82. The van der Waals surface area contributed by atoms with Crippen LogP contribution in [0.4, 0.5) is 5.00 Å². The maximum atomic E-state index is 13.9. The van der Waals surface area contributed by atoms with E-state index in [1.165, 1.54) is 45.8 Å². The SMILES string of the molecule is Cc1cc(C)n(C(=O)c2c(NC(=O)c3ccc(S(=O)(=O)N4CCCCCC4)cc3)sc3c2CCN(Cc2ccccc2)C3)n1. The first-order valence-corrected chi connectivity index (χ1v) is 17.4. The second kappa shape index (κ2) is 12.8. The molecule has 0 atom stereocenters. The highest BCUT2D eigenvalue weighted by Gasteiger charge is 2.31. The molecule has 230 valence electrons. The minimum atomic E-state index is -3.62. The lowest BCUT2D eigenvalue weighted by Crippen LogP contribution is -2.31. The summed E-state index contributed by atoms with van der Waals surface area (Å²) < 4.78 is 29.4. The van der Waals surface area contributed by atoms with Gasteiger partial charge < -0.3 is 5.32 Å². The minimum Gasteiger partial charge on any atom is -0.313 e. The monoisotopic (exact) mass is 631 g/mol. The molecule has 0 unspecified atom stereocenters. The Morgan fingerprint density at radius 3 is 2.30 bits per heavy atom. The van der Waals surface area contributed by atoms with Crippen LogP contribution < -0.4 is 5.32 Å². The number of fused-ring (bicyclic) bond motifs is 1. The van der Waals surface area contributed by atoms with Gasteiger partial charge in [-0.3, -0.25) is 14.5 Å². The maximum absolute atomic E-state index is 13.9. The van der Waals surface area contributed by atoms with Gasteiger partial charge in [0.15, 0.2) is 0 Å². The van der Waals surface area contributed by atoms with Crippen LogP contribution in [-0.2, 0) is 29.5 Å². The summed E-state index contributed by atoms with van der Waals surface area (Å²) in [5, 5.41) is 7.91. The number of nitrogens with one attached hydrogen (secondary N) is 1. The smallest absolute Gasteiger partial charge is 0.281 e. The van der Waals surface area contributed by atoms with Gasteiger partial charge in [0.25, 0.3) is 11.8 Å². The summed E-state index contributed by atoms with van der Waals surface area (Å²) in [4.78, 5) is 31.0. The van der Waals surface area contributed by atoms with Crippen molar-refractivity contribution >= 4 is 38.2 Å². The Morgan fingerprint density at radius 2 is 1.64 bits per heavy atom. The molecule has 1 amide bonds. The average molecular weight is 632 g/mol. The topological polar surface area (TPSA) is 105 Å². The molecule has 2 aliphatic rings. The number of anilines is 1. The van der Waals surface area contributed by atoms with Crippen molar-refractivity contribution in [3.8, 4) is 0 Å². The zero-order valence-corrected chi connectivity index (χ0v) is 26.7. The molecule has 2 aromatic carbocycles. The molecule has 44 heavy (non-hydrogen) atoms. The van der Waals surface area contributed by atoms with Crippen molar-refractivity contribution in [1.29, 1.82) is 0 Å². The Labute approximate surface area is 262 Å². The van der Waals surface area contributed by atoms with Gasteiger partial charge in [-0.05, 0) is 74.6 Å². The molecule has 0 bridgehead atoms. The number of aryl methyl sites for hydroxylation is 2. The number of hydrogen-bond donors (Lipinski definition) is 1. The van der Waals surface area contributed by atoms with Crippen molar-refractivity contribution in [3.05, 3.63) is 99.2 Å². The summed E-state index contributed by atoms with van der Waals surface area (Å²) in [6.07, 6.45) is 4.46. The van der Waals surface area contributed by atoms with Crippen LogP contribution in [0.2, 0.25) is 0 Å². The van der Waals surface area contributed by atoms with Gasteiger partial charge in [-0.2, -0.15) is 9.40 Å². The normalized spacial score (nSPS) is 16.3. The molecule has 2 aliphatic heterocycles. The predicted molar refractivity (Wildman–Crippen MR) is 172 cm³/mol. The Bertz CT molecular complexity index is 1770. The Hall–Kier alpha value is -3.64. The fraction of sp³-hybridized carbons (Fsp3) is 0.364. The third-order valence-corrected chi connectivity index (χ3v) is 11.4. The molecule has 4 heterocycles. The first kappa shape index (κ1) is 30.4. The Balaban J connectivity index is 1.27. The number of carbonyl (C=O) groups is 2. The van der Waals surface area contributed by atoms with E-state index in [9.17, 15) is 18.0 Å². The van der Waals surface area contributed by atoms with Crippen LogP contribution in [0.25, 0.3) is 0 Å². The highest BCUT2D eigenvalue weighted by Crippen LogP contribution is 2.38. The molecule has 6 rings (SSSR count). The third-order valence-electron chi connectivity index (χ3n) is 8.35. The second-order valence-electron chi connectivity index (χ2n) is 11.6. The molecule has 9 nitrogen and oxygen atoms in total. The van der Waals surface area contributed by atoms with Crippen LogP contribution >= 0.6 is 11.3 Å². The first-order chi connectivity index (χ1) is 21.2. The van der Waals surface area contributed by atoms with Gasteiger partial charge in [0.2, 0.25) is 10.0 Å². The second-order valence-corrected chi connectivity index (χ2v) is 14.6. The number of nitrogens with zero attached hydrogens (tertiary/aromatic N) is 4. The summed E-state index contributed by atoms with van der Waals surface area (Å²) in [6, 6.07) is 18.2. The number of carbonyl (C=O) groups excluding carboxylic acids is 2. The predicted octanol–water partition coefficient (Wildman–Crippen LogP) is 5.63. The fourth-order valence-corrected chi connectivity index (χ4v) is 8.87. The molecular formula is C33H37N5O4S2. The summed E-state index contributed by atoms with van der Waals surface area (Å²) in [5.74, 6) is -0.662. The zero-order chi connectivity index (χ0) is 30.8. The van der Waals surface area contributed by atoms with Gasteiger partial charge in [0, 0.05) is 48.9 Å². The van der Waals surface area contributed by atoms with E-state index in [1.54, 1.807) is 4.31 Å². The summed E-state index contributed by atoms with van der Waals surface area (Å²) >= 11 is 1.42. The van der Waals surface area contributed by atoms with Crippen molar-refractivity contribution in [2.45, 2.75) is 63.9 Å². The molecule has 2 aromatic heterocycles. The zero-order valence-electron chi connectivity index (χ0n) is 25.1. The number of aromatic nitrogens is 2. The summed E-state index contributed by atoms with van der Waals surface area (Å²) in [6.45, 7) is 6.98. The van der Waals surface area contributed by atoms with Gasteiger partial charge in [-0.1, -0.05) is 43.2 Å². The number of amides is 1. The number of thiophene rings is 1. The van der Waals surface area contributed by atoms with Crippen LogP contribution in [0.15, 0.2) is 65.6 Å². The molecule has 1 N–H and O–H groups in total. The molecule has 0 saturated carbocycles. The van der Waals surface area contributed by atoms with E-state index in [1.807, 2.05) is 38.1 Å². The average Bonchev–Trinajstić information content (AvgIpc) is 3.39. The molecule has 0 radical (unpaired) electrons. The van der Waals surface area contributed by atoms with Gasteiger partial charge in [-0.25, -0.2) is 13.1 Å². The van der Waals surface area contributed by atoms with Crippen LogP contribution in [-0.4, -0.2) is 58.9 Å². The lowest BCUT2D eigenvalue weighted by molar-refractivity contribution is 0.0942. The quantitative estimate of drug-likeness (QED) is 0.284. The highest BCUT2D eigenvalue weighted by atomic mass is 32.2. The third kappa shape index (κ3) is 6.28. The molecule has 1 saturated heterocycles. The van der Waals surface area contributed by atoms with Crippen LogP contribution in [0, 0.1) is 13.8 Å². The molecular weight excluding hydrogens is 595 g/mol. The van der Waals surface area contributed by atoms with E-state index in [0.717, 1.165) is 60.6 Å². The summed E-state index contributed by atoms with van der Waals surface area (Å²) in [5.41, 5.74) is 4.44. The van der Waals surface area contributed by atoms with E-state index in [0.29, 0.717) is 42.2 Å². The van der Waals surface area contributed by atoms with Crippen molar-refractivity contribution in [2.75, 3.05) is 25.0 Å². The van der Waals surface area contributed by atoms with E-state index in [2.05, 4.69) is 27.4 Å². The van der Waals surface area contributed by atoms with Crippen molar-refractivity contribution in [3.63, 3.8) is 0 Å². The molecule has 0 spiro atoms. The Morgan fingerprint density at radius 1 is 0.932 bits per heavy atom. The number of hydrogen-bond acceptors (Lipinski definition) is 7. The van der Waals surface area contributed by atoms with Gasteiger partial charge >= 0.3 is 0 Å².